The van der Waals surface area contributed by atoms with Crippen LogP contribution in [0.4, 0.5) is 0 Å². The van der Waals surface area contributed by atoms with Crippen molar-refractivity contribution in [3.8, 4) is 5.75 Å². The first kappa shape index (κ1) is 11.5. The molecule has 1 saturated carbocycles. The second-order valence-electron chi connectivity index (χ2n) is 5.07. The highest BCUT2D eigenvalue weighted by Gasteiger charge is 2.32. The summed E-state index contributed by atoms with van der Waals surface area (Å²) in [6.07, 6.45) is 1.90. The predicted molar refractivity (Wildman–Crippen MR) is 66.3 cm³/mol. The van der Waals surface area contributed by atoms with Crippen LogP contribution in [-0.4, -0.2) is 29.8 Å². The molecule has 0 radical (unpaired) electrons. The van der Waals surface area contributed by atoms with Gasteiger partial charge < -0.3 is 15.2 Å². The number of benzene rings is 1. The maximum atomic E-state index is 11.9. The largest absolute Gasteiger partial charge is 0.480 e. The van der Waals surface area contributed by atoms with Crippen molar-refractivity contribution >= 4 is 5.91 Å². The van der Waals surface area contributed by atoms with E-state index in [9.17, 15) is 9.90 Å². The minimum absolute atomic E-state index is 0.133. The Kier molecular flexibility index (Phi) is 2.96. The highest BCUT2D eigenvalue weighted by atomic mass is 16.5. The summed E-state index contributed by atoms with van der Waals surface area (Å²) in [7, 11) is 0. The van der Waals surface area contributed by atoms with Gasteiger partial charge in [0.15, 0.2) is 6.10 Å². The van der Waals surface area contributed by atoms with Crippen LogP contribution < -0.4 is 10.1 Å². The molecule has 1 heterocycles. The van der Waals surface area contributed by atoms with Crippen LogP contribution in [0.25, 0.3) is 0 Å². The number of amides is 1. The number of para-hydroxylation sites is 1. The number of hydrogen-bond acceptors (Lipinski definition) is 3. The van der Waals surface area contributed by atoms with Gasteiger partial charge in [0, 0.05) is 13.0 Å². The second-order valence-corrected chi connectivity index (χ2v) is 5.07. The van der Waals surface area contributed by atoms with Crippen LogP contribution in [0.5, 0.6) is 5.75 Å². The Morgan fingerprint density at radius 2 is 2.22 bits per heavy atom. The van der Waals surface area contributed by atoms with Crippen LogP contribution in [0.1, 0.15) is 18.4 Å². The number of carbonyl (C=O) groups excluding carboxylic acids is 1. The molecule has 2 atom stereocenters. The standard InChI is InChI=1S/C14H17NO3/c16-11(9-5-6-9)8-15-14(17)13-7-10-3-1-2-4-12(10)18-13/h1-4,9,11,13,16H,5-8H2,(H,15,17). The molecular formula is C14H17NO3. The van der Waals surface area contributed by atoms with Gasteiger partial charge in [0.2, 0.25) is 0 Å². The minimum atomic E-state index is -0.450. The van der Waals surface area contributed by atoms with Crippen molar-refractivity contribution in [3.05, 3.63) is 29.8 Å². The predicted octanol–water partition coefficient (Wildman–Crippen LogP) is 0.877. The fourth-order valence-corrected chi connectivity index (χ4v) is 2.29. The van der Waals surface area contributed by atoms with Gasteiger partial charge in [-0.05, 0) is 30.4 Å². The summed E-state index contributed by atoms with van der Waals surface area (Å²) in [6.45, 7) is 0.333. The smallest absolute Gasteiger partial charge is 0.261 e. The van der Waals surface area contributed by atoms with E-state index in [0.717, 1.165) is 24.2 Å². The normalized spacial score (nSPS) is 23.1. The molecule has 1 aliphatic carbocycles. The van der Waals surface area contributed by atoms with Gasteiger partial charge in [0.05, 0.1) is 6.10 Å². The number of fused-ring (bicyclic) bond motifs is 1. The van der Waals surface area contributed by atoms with Gasteiger partial charge in [-0.15, -0.1) is 0 Å². The van der Waals surface area contributed by atoms with Crippen molar-refractivity contribution < 1.29 is 14.6 Å². The van der Waals surface area contributed by atoms with E-state index in [4.69, 9.17) is 4.74 Å². The molecule has 0 aromatic heterocycles. The quantitative estimate of drug-likeness (QED) is 0.830. The third-order valence-electron chi connectivity index (χ3n) is 3.59. The Labute approximate surface area is 106 Å². The van der Waals surface area contributed by atoms with E-state index in [1.54, 1.807) is 0 Å². The molecule has 0 bridgehead atoms. The topological polar surface area (TPSA) is 58.6 Å². The number of carbonyl (C=O) groups is 1. The summed E-state index contributed by atoms with van der Waals surface area (Å²) in [5.41, 5.74) is 1.07. The first-order chi connectivity index (χ1) is 8.74. The first-order valence-corrected chi connectivity index (χ1v) is 6.44. The Hall–Kier alpha value is -1.55. The lowest BCUT2D eigenvalue weighted by Gasteiger charge is -2.14. The lowest BCUT2D eigenvalue weighted by atomic mass is 10.1. The van der Waals surface area contributed by atoms with Gasteiger partial charge in [-0.2, -0.15) is 0 Å². The molecule has 1 amide bonds. The first-order valence-electron chi connectivity index (χ1n) is 6.44. The van der Waals surface area contributed by atoms with E-state index in [1.165, 1.54) is 0 Å². The summed E-state index contributed by atoms with van der Waals surface area (Å²) in [4.78, 5) is 11.9. The van der Waals surface area contributed by atoms with Gasteiger partial charge >= 0.3 is 0 Å². The summed E-state index contributed by atoms with van der Waals surface area (Å²) in [6, 6.07) is 7.69. The molecule has 1 aliphatic heterocycles. The van der Waals surface area contributed by atoms with Crippen LogP contribution in [0.2, 0.25) is 0 Å². The van der Waals surface area contributed by atoms with Crippen molar-refractivity contribution in [1.82, 2.24) is 5.32 Å². The average molecular weight is 247 g/mol. The maximum Gasteiger partial charge on any atom is 0.261 e. The molecule has 96 valence electrons. The minimum Gasteiger partial charge on any atom is -0.480 e. The van der Waals surface area contributed by atoms with Crippen LogP contribution in [0, 0.1) is 5.92 Å². The maximum absolute atomic E-state index is 11.9. The van der Waals surface area contributed by atoms with Crippen LogP contribution in [0.15, 0.2) is 24.3 Å². The zero-order valence-electron chi connectivity index (χ0n) is 10.1. The molecule has 2 N–H and O–H groups in total. The molecule has 1 fully saturated rings. The fraction of sp³-hybridized carbons (Fsp3) is 0.500. The molecule has 0 spiro atoms. The number of hydrogen-bond donors (Lipinski definition) is 2. The van der Waals surface area contributed by atoms with Crippen LogP contribution >= 0.6 is 0 Å². The van der Waals surface area contributed by atoms with Crippen LogP contribution in [-0.2, 0) is 11.2 Å². The van der Waals surface area contributed by atoms with Gasteiger partial charge in [0.1, 0.15) is 5.75 Å². The fourth-order valence-electron chi connectivity index (χ4n) is 2.29. The number of ether oxygens (including phenoxy) is 1. The zero-order valence-corrected chi connectivity index (χ0v) is 10.1. The highest BCUT2D eigenvalue weighted by molar-refractivity contribution is 5.82. The summed E-state index contributed by atoms with van der Waals surface area (Å²) >= 11 is 0. The molecule has 2 unspecified atom stereocenters. The van der Waals surface area contributed by atoms with E-state index in [-0.39, 0.29) is 5.91 Å². The Morgan fingerprint density at radius 3 is 2.94 bits per heavy atom. The van der Waals surface area contributed by atoms with E-state index in [1.807, 2.05) is 24.3 Å². The zero-order chi connectivity index (χ0) is 12.5. The van der Waals surface area contributed by atoms with Crippen molar-refractivity contribution in [1.29, 1.82) is 0 Å². The third kappa shape index (κ3) is 2.34. The third-order valence-corrected chi connectivity index (χ3v) is 3.59. The summed E-state index contributed by atoms with van der Waals surface area (Å²) in [5, 5.41) is 12.5. The van der Waals surface area contributed by atoms with Crippen molar-refractivity contribution in [2.75, 3.05) is 6.54 Å². The molecule has 18 heavy (non-hydrogen) atoms. The molecule has 3 rings (SSSR count). The van der Waals surface area contributed by atoms with Crippen molar-refractivity contribution in [2.24, 2.45) is 5.92 Å². The number of rotatable bonds is 4. The van der Waals surface area contributed by atoms with Crippen molar-refractivity contribution in [2.45, 2.75) is 31.5 Å². The van der Waals surface area contributed by atoms with E-state index in [2.05, 4.69) is 5.32 Å². The van der Waals surface area contributed by atoms with E-state index in [0.29, 0.717) is 18.9 Å². The molecular weight excluding hydrogens is 230 g/mol. The molecule has 4 heteroatoms. The second kappa shape index (κ2) is 4.61. The van der Waals surface area contributed by atoms with Crippen LogP contribution in [0.3, 0.4) is 0 Å². The molecule has 0 saturated heterocycles. The highest BCUT2D eigenvalue weighted by Crippen LogP contribution is 2.32. The van der Waals surface area contributed by atoms with E-state index >= 15 is 0 Å². The lowest BCUT2D eigenvalue weighted by molar-refractivity contribution is -0.127. The molecule has 4 nitrogen and oxygen atoms in total. The van der Waals surface area contributed by atoms with Gasteiger partial charge in [-0.25, -0.2) is 0 Å². The monoisotopic (exact) mass is 247 g/mol. The van der Waals surface area contributed by atoms with E-state index < -0.39 is 12.2 Å². The molecule has 1 aromatic rings. The summed E-state index contributed by atoms with van der Waals surface area (Å²) in [5.74, 6) is 1.04. The van der Waals surface area contributed by atoms with Gasteiger partial charge in [-0.3, -0.25) is 4.79 Å². The average Bonchev–Trinajstić information content (AvgIpc) is 3.14. The molecule has 2 aliphatic rings. The summed E-state index contributed by atoms with van der Waals surface area (Å²) < 4.78 is 5.58. The van der Waals surface area contributed by atoms with Gasteiger partial charge in [-0.1, -0.05) is 18.2 Å². The lowest BCUT2D eigenvalue weighted by Crippen LogP contribution is -2.41. The Bertz CT molecular complexity index is 431. The van der Waals surface area contributed by atoms with Gasteiger partial charge in [0.25, 0.3) is 5.91 Å². The Balaban J connectivity index is 1.52. The number of aliphatic hydroxyl groups is 1. The molecule has 1 aromatic carbocycles. The SMILES string of the molecule is O=C(NCC(O)C1CC1)C1Cc2ccccc2O1. The number of aliphatic hydroxyl groups excluding tert-OH is 1. The number of nitrogens with one attached hydrogen (secondary N) is 1. The van der Waals surface area contributed by atoms with Crippen molar-refractivity contribution in [3.63, 3.8) is 0 Å². The Morgan fingerprint density at radius 1 is 1.44 bits per heavy atom.